The summed E-state index contributed by atoms with van der Waals surface area (Å²) in [5.74, 6) is 1.95. The van der Waals surface area contributed by atoms with Crippen molar-refractivity contribution >= 4 is 17.7 Å². The average Bonchev–Trinajstić information content (AvgIpc) is 3.41. The van der Waals surface area contributed by atoms with Gasteiger partial charge >= 0.3 is 0 Å². The maximum absolute atomic E-state index is 12.5. The molecule has 0 saturated heterocycles. The number of carbonyl (C=O) groups excluding carboxylic acids is 1. The van der Waals surface area contributed by atoms with Gasteiger partial charge in [-0.3, -0.25) is 4.79 Å². The van der Waals surface area contributed by atoms with E-state index in [-0.39, 0.29) is 23.6 Å². The van der Waals surface area contributed by atoms with Crippen molar-refractivity contribution in [2.45, 2.75) is 43.9 Å². The maximum atomic E-state index is 12.5. The van der Waals surface area contributed by atoms with Gasteiger partial charge in [-0.1, -0.05) is 31.7 Å². The molecule has 0 unspecified atom stereocenters. The Morgan fingerprint density at radius 2 is 2.07 bits per heavy atom. The minimum atomic E-state index is -0.103. The minimum absolute atomic E-state index is 0.0427. The summed E-state index contributed by atoms with van der Waals surface area (Å²) in [7, 11) is 0. The monoisotopic (exact) mass is 389 g/mol. The molecule has 1 atom stereocenters. The molecule has 2 aromatic rings. The van der Waals surface area contributed by atoms with Gasteiger partial charge in [0, 0.05) is 0 Å². The standard InChI is InChI=1S/C18H23N5O3S/c1-11(2)17(12-3-6-14-15(9-12)26-8-7-25-14)19-16(24)10-27-18-20-21-22-23(18)13-4-5-13/h3,6,9,11,13,17H,4-5,7-8,10H2,1-2H3,(H,19,24)/t17-/m0/s1. The number of hydrogen-bond acceptors (Lipinski definition) is 7. The van der Waals surface area contributed by atoms with Crippen LogP contribution < -0.4 is 14.8 Å². The van der Waals surface area contributed by atoms with Crippen LogP contribution in [0.2, 0.25) is 0 Å². The van der Waals surface area contributed by atoms with E-state index in [2.05, 4.69) is 34.7 Å². The zero-order valence-corrected chi connectivity index (χ0v) is 16.2. The third kappa shape index (κ3) is 4.18. The quantitative estimate of drug-likeness (QED) is 0.727. The summed E-state index contributed by atoms with van der Waals surface area (Å²) in [6.07, 6.45) is 2.20. The molecule has 144 valence electrons. The summed E-state index contributed by atoms with van der Waals surface area (Å²) in [4.78, 5) is 12.5. The fourth-order valence-electron chi connectivity index (χ4n) is 3.06. The summed E-state index contributed by atoms with van der Waals surface area (Å²) >= 11 is 1.37. The van der Waals surface area contributed by atoms with Gasteiger partial charge in [0.15, 0.2) is 11.5 Å². The molecule has 1 N–H and O–H groups in total. The number of tetrazole rings is 1. The van der Waals surface area contributed by atoms with Gasteiger partial charge in [0.25, 0.3) is 0 Å². The molecule has 1 fully saturated rings. The van der Waals surface area contributed by atoms with Crippen LogP contribution in [0.25, 0.3) is 0 Å². The Morgan fingerprint density at radius 3 is 2.81 bits per heavy atom. The average molecular weight is 389 g/mol. The number of hydrogen-bond donors (Lipinski definition) is 1. The summed E-state index contributed by atoms with van der Waals surface area (Å²) in [6, 6.07) is 6.14. The van der Waals surface area contributed by atoms with Gasteiger partial charge in [0.2, 0.25) is 11.1 Å². The van der Waals surface area contributed by atoms with Gasteiger partial charge in [0.05, 0.1) is 17.8 Å². The van der Waals surface area contributed by atoms with Gasteiger partial charge in [-0.25, -0.2) is 4.68 Å². The highest BCUT2D eigenvalue weighted by molar-refractivity contribution is 7.99. The van der Waals surface area contributed by atoms with Crippen LogP contribution in [0.5, 0.6) is 11.5 Å². The van der Waals surface area contributed by atoms with Crippen molar-refractivity contribution in [1.82, 2.24) is 25.5 Å². The van der Waals surface area contributed by atoms with Gasteiger partial charge in [-0.05, 0) is 46.9 Å². The molecule has 1 aliphatic carbocycles. The number of nitrogens with zero attached hydrogens (tertiary/aromatic N) is 4. The SMILES string of the molecule is CC(C)[C@H](NC(=O)CSc1nnnn1C1CC1)c1ccc2c(c1)OCCO2. The smallest absolute Gasteiger partial charge is 0.230 e. The van der Waals surface area contributed by atoms with E-state index in [4.69, 9.17) is 9.47 Å². The molecule has 1 aromatic carbocycles. The number of fused-ring (bicyclic) bond motifs is 1. The molecule has 0 radical (unpaired) electrons. The molecular weight excluding hydrogens is 366 g/mol. The van der Waals surface area contributed by atoms with Crippen molar-refractivity contribution in [2.24, 2.45) is 5.92 Å². The topological polar surface area (TPSA) is 91.2 Å². The number of rotatable bonds is 7. The number of ether oxygens (including phenoxy) is 2. The first-order valence-electron chi connectivity index (χ1n) is 9.21. The van der Waals surface area contributed by atoms with E-state index in [9.17, 15) is 4.79 Å². The van der Waals surface area contributed by atoms with Gasteiger partial charge < -0.3 is 14.8 Å². The van der Waals surface area contributed by atoms with E-state index in [0.29, 0.717) is 24.4 Å². The van der Waals surface area contributed by atoms with Crippen LogP contribution in [-0.4, -0.2) is 45.1 Å². The predicted molar refractivity (Wildman–Crippen MR) is 100.0 cm³/mol. The molecule has 1 saturated carbocycles. The lowest BCUT2D eigenvalue weighted by molar-refractivity contribution is -0.119. The molecule has 9 heteroatoms. The van der Waals surface area contributed by atoms with Crippen molar-refractivity contribution in [1.29, 1.82) is 0 Å². The highest BCUT2D eigenvalue weighted by Crippen LogP contribution is 2.37. The number of carbonyl (C=O) groups is 1. The molecule has 2 heterocycles. The van der Waals surface area contributed by atoms with E-state index in [1.807, 2.05) is 22.9 Å². The van der Waals surface area contributed by atoms with E-state index in [1.165, 1.54) is 11.8 Å². The molecular formula is C18H23N5O3S. The number of aromatic nitrogens is 4. The van der Waals surface area contributed by atoms with E-state index in [0.717, 1.165) is 29.9 Å². The van der Waals surface area contributed by atoms with Crippen molar-refractivity contribution in [3.63, 3.8) is 0 Å². The zero-order chi connectivity index (χ0) is 18.8. The second-order valence-electron chi connectivity index (χ2n) is 7.12. The fraction of sp³-hybridized carbons (Fsp3) is 0.556. The van der Waals surface area contributed by atoms with Gasteiger partial charge in [-0.15, -0.1) is 5.10 Å². The van der Waals surface area contributed by atoms with Gasteiger partial charge in [-0.2, -0.15) is 0 Å². The van der Waals surface area contributed by atoms with Crippen LogP contribution in [0, 0.1) is 5.92 Å². The molecule has 2 aliphatic rings. The van der Waals surface area contributed by atoms with Gasteiger partial charge in [0.1, 0.15) is 13.2 Å². The number of amides is 1. The largest absolute Gasteiger partial charge is 0.486 e. The van der Waals surface area contributed by atoms with Crippen LogP contribution in [0.1, 0.15) is 44.3 Å². The maximum Gasteiger partial charge on any atom is 0.230 e. The molecule has 0 spiro atoms. The van der Waals surface area contributed by atoms with Crippen LogP contribution in [0.3, 0.4) is 0 Å². The Morgan fingerprint density at radius 1 is 1.30 bits per heavy atom. The predicted octanol–water partition coefficient (Wildman–Crippen LogP) is 2.38. The van der Waals surface area contributed by atoms with Crippen LogP contribution in [0.15, 0.2) is 23.4 Å². The molecule has 1 aliphatic heterocycles. The number of thioether (sulfide) groups is 1. The number of benzene rings is 1. The lowest BCUT2D eigenvalue weighted by Gasteiger charge is -2.25. The molecule has 4 rings (SSSR count). The van der Waals surface area contributed by atoms with E-state index >= 15 is 0 Å². The normalized spacial score (nSPS) is 17.0. The van der Waals surface area contributed by atoms with Crippen LogP contribution >= 0.6 is 11.8 Å². The van der Waals surface area contributed by atoms with E-state index in [1.54, 1.807) is 0 Å². The highest BCUT2D eigenvalue weighted by Gasteiger charge is 2.28. The fourth-order valence-corrected chi connectivity index (χ4v) is 3.82. The number of nitrogens with one attached hydrogen (secondary N) is 1. The molecule has 8 nitrogen and oxygen atoms in total. The Hall–Kier alpha value is -2.29. The summed E-state index contributed by atoms with van der Waals surface area (Å²) in [6.45, 7) is 5.28. The highest BCUT2D eigenvalue weighted by atomic mass is 32.2. The molecule has 27 heavy (non-hydrogen) atoms. The molecule has 0 bridgehead atoms. The lowest BCUT2D eigenvalue weighted by atomic mass is 9.95. The Labute approximate surface area is 162 Å². The first kappa shape index (κ1) is 18.1. The Bertz CT molecular complexity index is 821. The second-order valence-corrected chi connectivity index (χ2v) is 8.06. The first-order chi connectivity index (χ1) is 13.1. The summed E-state index contributed by atoms with van der Waals surface area (Å²) in [5, 5.41) is 15.6. The first-order valence-corrected chi connectivity index (χ1v) is 10.2. The Balaban J connectivity index is 1.40. The van der Waals surface area contributed by atoms with Crippen LogP contribution in [-0.2, 0) is 4.79 Å². The van der Waals surface area contributed by atoms with Crippen molar-refractivity contribution in [3.8, 4) is 11.5 Å². The van der Waals surface area contributed by atoms with Crippen molar-refractivity contribution in [2.75, 3.05) is 19.0 Å². The summed E-state index contributed by atoms with van der Waals surface area (Å²) in [5.41, 5.74) is 1.01. The summed E-state index contributed by atoms with van der Waals surface area (Å²) < 4.78 is 13.1. The van der Waals surface area contributed by atoms with Crippen LogP contribution in [0.4, 0.5) is 0 Å². The molecule has 1 amide bonds. The zero-order valence-electron chi connectivity index (χ0n) is 15.4. The third-order valence-corrected chi connectivity index (χ3v) is 5.53. The lowest BCUT2D eigenvalue weighted by Crippen LogP contribution is -2.33. The molecule has 1 aromatic heterocycles. The van der Waals surface area contributed by atoms with E-state index < -0.39 is 0 Å². The third-order valence-electron chi connectivity index (χ3n) is 4.60. The second kappa shape index (κ2) is 7.75. The van der Waals surface area contributed by atoms with Crippen molar-refractivity contribution < 1.29 is 14.3 Å². The van der Waals surface area contributed by atoms with Crippen molar-refractivity contribution in [3.05, 3.63) is 23.8 Å². The Kier molecular flexibility index (Phi) is 5.20. The minimum Gasteiger partial charge on any atom is -0.486 e.